The number of benzene rings is 1. The summed E-state index contributed by atoms with van der Waals surface area (Å²) in [6.45, 7) is 6.02. The fourth-order valence-corrected chi connectivity index (χ4v) is 1.70. The molecule has 0 radical (unpaired) electrons. The molecular weight excluding hydrogens is 252 g/mol. The third kappa shape index (κ3) is 6.34. The van der Waals surface area contributed by atoms with Crippen LogP contribution >= 0.6 is 0 Å². The summed E-state index contributed by atoms with van der Waals surface area (Å²) in [5, 5.41) is 9.72. The first-order valence-electron chi connectivity index (χ1n) is 6.74. The van der Waals surface area contributed by atoms with Gasteiger partial charge in [0.05, 0.1) is 5.56 Å². The number of hydrogen-bond acceptors (Lipinski definition) is 3. The first-order valence-corrected chi connectivity index (χ1v) is 6.74. The van der Waals surface area contributed by atoms with Crippen molar-refractivity contribution in [3.63, 3.8) is 0 Å². The highest BCUT2D eigenvalue weighted by molar-refractivity contribution is 5.89. The van der Waals surface area contributed by atoms with Crippen LogP contribution < -0.4 is 0 Å². The standard InChI is InChI=1S/C17H22O3/c1-13(2)8-7-9-14(3)12-16(18)20-17(19)15-10-5-4-6-11-15/h4-6,8,10-12,16,18H,7,9H2,1-3H3/b14-12+. The molecule has 0 aliphatic heterocycles. The summed E-state index contributed by atoms with van der Waals surface area (Å²) in [7, 11) is 0. The third-order valence-electron chi connectivity index (χ3n) is 2.76. The molecule has 0 heterocycles. The highest BCUT2D eigenvalue weighted by atomic mass is 16.6. The minimum absolute atomic E-state index is 0.433. The molecule has 1 N–H and O–H groups in total. The van der Waals surface area contributed by atoms with Crippen LogP contribution in [0.25, 0.3) is 0 Å². The van der Waals surface area contributed by atoms with Gasteiger partial charge in [-0.2, -0.15) is 0 Å². The molecule has 108 valence electrons. The van der Waals surface area contributed by atoms with E-state index >= 15 is 0 Å². The number of carbonyl (C=O) groups excluding carboxylic acids is 1. The van der Waals surface area contributed by atoms with Crippen molar-refractivity contribution in [2.75, 3.05) is 0 Å². The number of rotatable bonds is 6. The van der Waals surface area contributed by atoms with E-state index in [0.717, 1.165) is 18.4 Å². The minimum atomic E-state index is -1.20. The predicted molar refractivity (Wildman–Crippen MR) is 80.3 cm³/mol. The van der Waals surface area contributed by atoms with Crippen LogP contribution in [0.1, 0.15) is 44.0 Å². The lowest BCUT2D eigenvalue weighted by Gasteiger charge is -2.09. The largest absolute Gasteiger partial charge is 0.429 e. The Kier molecular flexibility index (Phi) is 6.74. The number of hydrogen-bond donors (Lipinski definition) is 1. The van der Waals surface area contributed by atoms with Crippen molar-refractivity contribution in [2.45, 2.75) is 39.9 Å². The molecular formula is C17H22O3. The van der Waals surface area contributed by atoms with E-state index in [9.17, 15) is 9.90 Å². The Bertz CT molecular complexity index is 482. The molecule has 0 aliphatic rings. The molecule has 0 saturated heterocycles. The summed E-state index contributed by atoms with van der Waals surface area (Å²) >= 11 is 0. The van der Waals surface area contributed by atoms with Gasteiger partial charge in [0, 0.05) is 0 Å². The quantitative estimate of drug-likeness (QED) is 0.487. The minimum Gasteiger partial charge on any atom is -0.429 e. The van der Waals surface area contributed by atoms with Gasteiger partial charge in [-0.3, -0.25) is 0 Å². The molecule has 0 aliphatic carbocycles. The van der Waals surface area contributed by atoms with Crippen LogP contribution in [0, 0.1) is 0 Å². The Morgan fingerprint density at radius 2 is 1.90 bits per heavy atom. The molecule has 0 saturated carbocycles. The van der Waals surface area contributed by atoms with Crippen molar-refractivity contribution >= 4 is 5.97 Å². The van der Waals surface area contributed by atoms with Crippen LogP contribution in [-0.4, -0.2) is 17.4 Å². The molecule has 3 nitrogen and oxygen atoms in total. The molecule has 1 unspecified atom stereocenters. The van der Waals surface area contributed by atoms with Gasteiger partial charge in [-0.1, -0.05) is 35.4 Å². The number of aliphatic hydroxyl groups excluding tert-OH is 1. The fourth-order valence-electron chi connectivity index (χ4n) is 1.70. The van der Waals surface area contributed by atoms with Gasteiger partial charge >= 0.3 is 5.97 Å². The van der Waals surface area contributed by atoms with Gasteiger partial charge in [-0.15, -0.1) is 0 Å². The van der Waals surface area contributed by atoms with Crippen LogP contribution in [0.2, 0.25) is 0 Å². The lowest BCUT2D eigenvalue weighted by molar-refractivity contribution is -0.0356. The molecule has 0 amide bonds. The van der Waals surface area contributed by atoms with Crippen molar-refractivity contribution in [3.8, 4) is 0 Å². The molecule has 0 spiro atoms. The highest BCUT2D eigenvalue weighted by Crippen LogP contribution is 2.10. The zero-order valence-electron chi connectivity index (χ0n) is 12.3. The average Bonchev–Trinajstić information content (AvgIpc) is 2.38. The zero-order chi connectivity index (χ0) is 15.0. The Hall–Kier alpha value is -1.87. The van der Waals surface area contributed by atoms with Gasteiger partial charge < -0.3 is 9.84 Å². The maximum Gasteiger partial charge on any atom is 0.340 e. The Labute approximate surface area is 120 Å². The average molecular weight is 274 g/mol. The monoisotopic (exact) mass is 274 g/mol. The van der Waals surface area contributed by atoms with Crippen molar-refractivity contribution in [3.05, 3.63) is 59.2 Å². The second-order valence-electron chi connectivity index (χ2n) is 5.00. The van der Waals surface area contributed by atoms with Gasteiger partial charge in [-0.25, -0.2) is 4.79 Å². The lowest BCUT2D eigenvalue weighted by atomic mass is 10.1. The molecule has 0 fully saturated rings. The fraction of sp³-hybridized carbons (Fsp3) is 0.353. The molecule has 0 aromatic heterocycles. The van der Waals surface area contributed by atoms with Crippen LogP contribution in [0.5, 0.6) is 0 Å². The number of esters is 1. The van der Waals surface area contributed by atoms with E-state index in [1.807, 2.05) is 13.0 Å². The number of allylic oxidation sites excluding steroid dienone is 3. The SMILES string of the molecule is CC(C)=CCC/C(C)=C/C(O)OC(=O)c1ccccc1. The summed E-state index contributed by atoms with van der Waals surface area (Å²) in [4.78, 5) is 11.7. The second kappa shape index (κ2) is 8.33. The maximum atomic E-state index is 11.7. The number of aliphatic hydroxyl groups is 1. The van der Waals surface area contributed by atoms with Crippen molar-refractivity contribution in [1.82, 2.24) is 0 Å². The van der Waals surface area contributed by atoms with E-state index in [4.69, 9.17) is 4.74 Å². The van der Waals surface area contributed by atoms with Gasteiger partial charge in [0.1, 0.15) is 0 Å². The summed E-state index contributed by atoms with van der Waals surface area (Å²) < 4.78 is 4.96. The third-order valence-corrected chi connectivity index (χ3v) is 2.76. The predicted octanol–water partition coefficient (Wildman–Crippen LogP) is 3.85. The smallest absolute Gasteiger partial charge is 0.340 e. The van der Waals surface area contributed by atoms with Gasteiger partial charge in [-0.05, 0) is 51.8 Å². The molecule has 20 heavy (non-hydrogen) atoms. The van der Waals surface area contributed by atoms with E-state index in [-0.39, 0.29) is 0 Å². The number of ether oxygens (including phenoxy) is 1. The second-order valence-corrected chi connectivity index (χ2v) is 5.00. The van der Waals surface area contributed by atoms with E-state index in [1.54, 1.807) is 30.3 Å². The molecule has 1 aromatic rings. The van der Waals surface area contributed by atoms with Crippen molar-refractivity contribution < 1.29 is 14.6 Å². The Morgan fingerprint density at radius 3 is 2.50 bits per heavy atom. The highest BCUT2D eigenvalue weighted by Gasteiger charge is 2.10. The Morgan fingerprint density at radius 1 is 1.25 bits per heavy atom. The first kappa shape index (κ1) is 16.2. The van der Waals surface area contributed by atoms with E-state index in [2.05, 4.69) is 19.9 Å². The summed E-state index contributed by atoms with van der Waals surface area (Å²) in [5.74, 6) is -0.522. The number of carbonyl (C=O) groups is 1. The molecule has 1 rings (SSSR count). The van der Waals surface area contributed by atoms with Crippen LogP contribution in [0.3, 0.4) is 0 Å². The lowest BCUT2D eigenvalue weighted by Crippen LogP contribution is -2.15. The van der Waals surface area contributed by atoms with E-state index < -0.39 is 12.3 Å². The first-order chi connectivity index (χ1) is 9.49. The summed E-state index contributed by atoms with van der Waals surface area (Å²) in [6.07, 6.45) is 4.27. The topological polar surface area (TPSA) is 46.5 Å². The molecule has 0 bridgehead atoms. The summed E-state index contributed by atoms with van der Waals surface area (Å²) in [5.41, 5.74) is 2.70. The van der Waals surface area contributed by atoms with Gasteiger partial charge in [0.25, 0.3) is 0 Å². The molecule has 1 aromatic carbocycles. The van der Waals surface area contributed by atoms with Crippen molar-refractivity contribution in [2.24, 2.45) is 0 Å². The van der Waals surface area contributed by atoms with E-state index in [1.165, 1.54) is 5.57 Å². The van der Waals surface area contributed by atoms with Gasteiger partial charge in [0.2, 0.25) is 6.29 Å². The van der Waals surface area contributed by atoms with Crippen LogP contribution in [-0.2, 0) is 4.74 Å². The zero-order valence-corrected chi connectivity index (χ0v) is 12.3. The van der Waals surface area contributed by atoms with Crippen molar-refractivity contribution in [1.29, 1.82) is 0 Å². The van der Waals surface area contributed by atoms with Crippen LogP contribution in [0.15, 0.2) is 53.6 Å². The molecule has 3 heteroatoms. The Balaban J connectivity index is 2.48. The van der Waals surface area contributed by atoms with E-state index in [0.29, 0.717) is 5.56 Å². The summed E-state index contributed by atoms with van der Waals surface area (Å²) in [6, 6.07) is 8.63. The normalized spacial score (nSPS) is 12.7. The maximum absolute atomic E-state index is 11.7. The van der Waals surface area contributed by atoms with Crippen LogP contribution in [0.4, 0.5) is 0 Å². The molecule has 1 atom stereocenters. The van der Waals surface area contributed by atoms with Gasteiger partial charge in [0.15, 0.2) is 0 Å².